The minimum Gasteiger partial charge on any atom is -0.461 e. The Labute approximate surface area is 216 Å². The smallest absolute Gasteiger partial charge is 0.236 e. The molecule has 0 saturated heterocycles. The topological polar surface area (TPSA) is 85.8 Å². The van der Waals surface area contributed by atoms with Crippen LogP contribution >= 0.6 is 39.0 Å². The molecule has 0 unspecified atom stereocenters. The Hall–Kier alpha value is -3.28. The molecule has 0 fully saturated rings. The van der Waals surface area contributed by atoms with Gasteiger partial charge < -0.3 is 9.73 Å². The van der Waals surface area contributed by atoms with Gasteiger partial charge in [-0.15, -0.1) is 21.5 Å². The van der Waals surface area contributed by atoms with Crippen molar-refractivity contribution in [1.29, 1.82) is 0 Å². The quantitative estimate of drug-likeness (QED) is 0.224. The van der Waals surface area contributed by atoms with Crippen LogP contribution in [0.5, 0.6) is 0 Å². The molecule has 0 aliphatic heterocycles. The number of furan rings is 1. The number of aromatic nitrogens is 4. The number of nitrogens with one attached hydrogen (secondary N) is 1. The Bertz CT molecular complexity index is 1430. The number of benzene rings is 2. The van der Waals surface area contributed by atoms with Crippen LogP contribution in [0.2, 0.25) is 0 Å². The number of hydrogen-bond acceptors (Lipinski definition) is 7. The number of rotatable bonds is 8. The number of carbonyl (C=O) groups excluding carboxylic acids is 1. The second kappa shape index (κ2) is 10.5. The summed E-state index contributed by atoms with van der Waals surface area (Å²) in [6, 6.07) is 17.6. The SMILES string of the molecule is O=C(CSc1nnc(-c2ccco2)n1-c1ccc(F)cc1)Nc1ncc(Cc2ccc(Br)cc2)s1. The predicted octanol–water partition coefficient (Wildman–Crippen LogP) is 6.21. The van der Waals surface area contributed by atoms with Gasteiger partial charge in [0.2, 0.25) is 11.7 Å². The third-order valence-electron chi connectivity index (χ3n) is 4.88. The van der Waals surface area contributed by atoms with Crippen LogP contribution in [0.15, 0.2) is 87.2 Å². The number of amides is 1. The Morgan fingerprint density at radius 3 is 2.66 bits per heavy atom. The van der Waals surface area contributed by atoms with Crippen LogP contribution < -0.4 is 5.32 Å². The zero-order chi connectivity index (χ0) is 24.2. The molecule has 0 aliphatic rings. The van der Waals surface area contributed by atoms with E-state index in [0.29, 0.717) is 27.6 Å². The monoisotopic (exact) mass is 569 g/mol. The highest BCUT2D eigenvalue weighted by Crippen LogP contribution is 2.29. The summed E-state index contributed by atoms with van der Waals surface area (Å²) in [6.45, 7) is 0. The van der Waals surface area contributed by atoms with Gasteiger partial charge in [-0.05, 0) is 54.1 Å². The van der Waals surface area contributed by atoms with Gasteiger partial charge in [0.15, 0.2) is 16.0 Å². The molecular formula is C24H17BrFN5O2S2. The van der Waals surface area contributed by atoms with E-state index >= 15 is 0 Å². The highest BCUT2D eigenvalue weighted by Gasteiger charge is 2.19. The van der Waals surface area contributed by atoms with Crippen molar-refractivity contribution in [2.45, 2.75) is 11.6 Å². The van der Waals surface area contributed by atoms with Crippen LogP contribution in [0.1, 0.15) is 10.4 Å². The van der Waals surface area contributed by atoms with Crippen LogP contribution in [-0.4, -0.2) is 31.4 Å². The maximum atomic E-state index is 13.5. The lowest BCUT2D eigenvalue weighted by Gasteiger charge is -2.09. The molecule has 2 aromatic carbocycles. The molecule has 0 spiro atoms. The molecule has 0 atom stereocenters. The number of halogens is 2. The molecule has 3 heterocycles. The van der Waals surface area contributed by atoms with Gasteiger partial charge >= 0.3 is 0 Å². The maximum absolute atomic E-state index is 13.5. The number of thiazole rings is 1. The van der Waals surface area contributed by atoms with Crippen molar-refractivity contribution in [3.05, 3.63) is 93.9 Å². The second-order valence-corrected chi connectivity index (χ2v) is 10.3. The van der Waals surface area contributed by atoms with E-state index in [2.05, 4.69) is 36.4 Å². The zero-order valence-electron chi connectivity index (χ0n) is 18.0. The first kappa shape index (κ1) is 23.5. The van der Waals surface area contributed by atoms with Crippen LogP contribution in [0, 0.1) is 5.82 Å². The predicted molar refractivity (Wildman–Crippen MR) is 137 cm³/mol. The zero-order valence-corrected chi connectivity index (χ0v) is 21.2. The van der Waals surface area contributed by atoms with Crippen molar-refractivity contribution >= 4 is 50.1 Å². The molecule has 35 heavy (non-hydrogen) atoms. The fourth-order valence-electron chi connectivity index (χ4n) is 3.29. The summed E-state index contributed by atoms with van der Waals surface area (Å²) in [5, 5.41) is 12.3. The van der Waals surface area contributed by atoms with Gasteiger partial charge in [-0.1, -0.05) is 39.8 Å². The van der Waals surface area contributed by atoms with Gasteiger partial charge in [0.05, 0.1) is 17.7 Å². The number of hydrogen-bond donors (Lipinski definition) is 1. The minimum atomic E-state index is -0.349. The molecule has 0 bridgehead atoms. The van der Waals surface area contributed by atoms with E-state index in [4.69, 9.17) is 4.42 Å². The van der Waals surface area contributed by atoms with E-state index in [1.54, 1.807) is 35.0 Å². The van der Waals surface area contributed by atoms with Crippen molar-refractivity contribution in [2.24, 2.45) is 0 Å². The standard InChI is InChI=1S/C24H17BrFN5O2S2/c25-16-5-3-15(4-6-16)12-19-13-27-23(35-19)28-21(32)14-34-24-30-29-22(20-2-1-11-33-20)31(24)18-9-7-17(26)8-10-18/h1-11,13H,12,14H2,(H,27,28,32). The molecular weight excluding hydrogens is 553 g/mol. The lowest BCUT2D eigenvalue weighted by atomic mass is 10.1. The lowest BCUT2D eigenvalue weighted by Crippen LogP contribution is -2.14. The van der Waals surface area contributed by atoms with Crippen LogP contribution in [-0.2, 0) is 11.2 Å². The van der Waals surface area contributed by atoms with Crippen LogP contribution in [0.25, 0.3) is 17.3 Å². The second-order valence-electron chi connectivity index (χ2n) is 7.37. The molecule has 5 aromatic rings. The van der Waals surface area contributed by atoms with Crippen LogP contribution in [0.3, 0.4) is 0 Å². The lowest BCUT2D eigenvalue weighted by molar-refractivity contribution is -0.113. The fourth-order valence-corrected chi connectivity index (χ4v) is 5.17. The number of thioether (sulfide) groups is 1. The normalized spacial score (nSPS) is 11.0. The number of anilines is 1. The molecule has 0 aliphatic carbocycles. The summed E-state index contributed by atoms with van der Waals surface area (Å²) < 4.78 is 21.7. The Morgan fingerprint density at radius 2 is 1.91 bits per heavy atom. The summed E-state index contributed by atoms with van der Waals surface area (Å²) in [6.07, 6.45) is 4.06. The highest BCUT2D eigenvalue weighted by atomic mass is 79.9. The van der Waals surface area contributed by atoms with Crippen molar-refractivity contribution in [1.82, 2.24) is 19.7 Å². The van der Waals surface area contributed by atoms with E-state index in [1.807, 2.05) is 24.3 Å². The molecule has 5 rings (SSSR count). The third kappa shape index (κ3) is 5.69. The van der Waals surface area contributed by atoms with E-state index < -0.39 is 0 Å². The first-order valence-electron chi connectivity index (χ1n) is 10.4. The van der Waals surface area contributed by atoms with E-state index in [-0.39, 0.29) is 17.5 Å². The summed E-state index contributed by atoms with van der Waals surface area (Å²) in [5.74, 6) is 0.505. The molecule has 0 saturated carbocycles. The Kier molecular flexibility index (Phi) is 7.07. The molecule has 11 heteroatoms. The van der Waals surface area contributed by atoms with E-state index in [9.17, 15) is 9.18 Å². The molecule has 3 aromatic heterocycles. The molecule has 1 N–H and O–H groups in total. The summed E-state index contributed by atoms with van der Waals surface area (Å²) in [4.78, 5) is 18.0. The number of nitrogens with zero attached hydrogens (tertiary/aromatic N) is 4. The average molecular weight is 570 g/mol. The van der Waals surface area contributed by atoms with Gasteiger partial charge in [0.25, 0.3) is 0 Å². The van der Waals surface area contributed by atoms with Crippen molar-refractivity contribution in [3.8, 4) is 17.3 Å². The summed E-state index contributed by atoms with van der Waals surface area (Å²) >= 11 is 6.09. The fraction of sp³-hybridized carbons (Fsp3) is 0.0833. The molecule has 176 valence electrons. The van der Waals surface area contributed by atoms with Crippen LogP contribution in [0.4, 0.5) is 9.52 Å². The molecule has 7 nitrogen and oxygen atoms in total. The van der Waals surface area contributed by atoms with E-state index in [1.165, 1.54) is 41.5 Å². The van der Waals surface area contributed by atoms with Crippen molar-refractivity contribution < 1.29 is 13.6 Å². The van der Waals surface area contributed by atoms with Gasteiger partial charge in [-0.3, -0.25) is 9.36 Å². The Balaban J connectivity index is 1.27. The summed E-state index contributed by atoms with van der Waals surface area (Å²) in [7, 11) is 0. The largest absolute Gasteiger partial charge is 0.461 e. The molecule has 0 radical (unpaired) electrons. The highest BCUT2D eigenvalue weighted by molar-refractivity contribution is 9.10. The molecule has 1 amide bonds. The number of carbonyl (C=O) groups is 1. The Morgan fingerprint density at radius 1 is 1.11 bits per heavy atom. The maximum Gasteiger partial charge on any atom is 0.236 e. The van der Waals surface area contributed by atoms with Crippen molar-refractivity contribution in [3.63, 3.8) is 0 Å². The first-order chi connectivity index (χ1) is 17.0. The van der Waals surface area contributed by atoms with Gasteiger partial charge in [0, 0.05) is 22.0 Å². The third-order valence-corrected chi connectivity index (χ3v) is 7.25. The first-order valence-corrected chi connectivity index (χ1v) is 13.0. The van der Waals surface area contributed by atoms with Crippen molar-refractivity contribution in [2.75, 3.05) is 11.1 Å². The van der Waals surface area contributed by atoms with Gasteiger partial charge in [0.1, 0.15) is 5.82 Å². The minimum absolute atomic E-state index is 0.0963. The van der Waals surface area contributed by atoms with Gasteiger partial charge in [-0.25, -0.2) is 9.37 Å². The van der Waals surface area contributed by atoms with E-state index in [0.717, 1.165) is 21.3 Å². The average Bonchev–Trinajstić information content (AvgIpc) is 3.61. The summed E-state index contributed by atoms with van der Waals surface area (Å²) in [5.41, 5.74) is 1.82. The van der Waals surface area contributed by atoms with Gasteiger partial charge in [-0.2, -0.15) is 0 Å².